The van der Waals surface area contributed by atoms with E-state index in [0.29, 0.717) is 23.1 Å². The Balaban J connectivity index is 2.01. The average molecular weight is 356 g/mol. The lowest BCUT2D eigenvalue weighted by Crippen LogP contribution is -2.39. The van der Waals surface area contributed by atoms with Gasteiger partial charge in [0.05, 0.1) is 23.1 Å². The molecule has 27 heavy (non-hydrogen) atoms. The van der Waals surface area contributed by atoms with Crippen LogP contribution < -0.4 is 11.2 Å². The molecule has 4 heteroatoms. The summed E-state index contributed by atoms with van der Waals surface area (Å²) in [5.41, 5.74) is 3.85. The minimum Gasteiger partial charge on any atom is -0.288 e. The molecule has 3 aromatic carbocycles. The third-order valence-electron chi connectivity index (χ3n) is 4.77. The van der Waals surface area contributed by atoms with Crippen molar-refractivity contribution in [3.05, 3.63) is 110 Å². The highest BCUT2D eigenvalue weighted by Gasteiger charge is 2.14. The predicted molar refractivity (Wildman–Crippen MR) is 109 cm³/mol. The number of hydrogen-bond donors (Lipinski definition) is 0. The zero-order valence-electron chi connectivity index (χ0n) is 15.3. The first-order valence-corrected chi connectivity index (χ1v) is 8.92. The highest BCUT2D eigenvalue weighted by atomic mass is 16.2. The van der Waals surface area contributed by atoms with Gasteiger partial charge in [-0.25, -0.2) is 9.36 Å². The van der Waals surface area contributed by atoms with Crippen molar-refractivity contribution in [3.63, 3.8) is 0 Å². The fraction of sp³-hybridized carbons (Fsp3) is 0.130. The number of para-hydroxylation sites is 1. The second kappa shape index (κ2) is 6.72. The van der Waals surface area contributed by atoms with E-state index in [1.807, 2.05) is 74.5 Å². The minimum absolute atomic E-state index is 0.292. The molecule has 4 rings (SSSR count). The first-order chi connectivity index (χ1) is 13.0. The van der Waals surface area contributed by atoms with E-state index in [2.05, 4.69) is 6.07 Å². The van der Waals surface area contributed by atoms with Crippen LogP contribution in [0.2, 0.25) is 0 Å². The highest BCUT2D eigenvalue weighted by Crippen LogP contribution is 2.13. The molecule has 0 N–H and O–H groups in total. The molecule has 1 heterocycles. The van der Waals surface area contributed by atoms with E-state index in [9.17, 15) is 9.59 Å². The minimum atomic E-state index is -0.330. The van der Waals surface area contributed by atoms with Crippen LogP contribution in [0, 0.1) is 13.8 Å². The van der Waals surface area contributed by atoms with Gasteiger partial charge >= 0.3 is 5.69 Å². The van der Waals surface area contributed by atoms with Gasteiger partial charge in [0.25, 0.3) is 5.56 Å². The fourth-order valence-corrected chi connectivity index (χ4v) is 3.39. The molecule has 0 amide bonds. The van der Waals surface area contributed by atoms with Crippen molar-refractivity contribution < 1.29 is 0 Å². The third-order valence-corrected chi connectivity index (χ3v) is 4.77. The molecule has 0 unspecified atom stereocenters. The summed E-state index contributed by atoms with van der Waals surface area (Å²) in [6, 6.07) is 22.8. The smallest absolute Gasteiger partial charge is 0.288 e. The van der Waals surface area contributed by atoms with Gasteiger partial charge in [-0.1, -0.05) is 59.7 Å². The highest BCUT2D eigenvalue weighted by molar-refractivity contribution is 5.78. The zero-order valence-corrected chi connectivity index (χ0v) is 15.3. The van der Waals surface area contributed by atoms with Gasteiger partial charge in [0.1, 0.15) is 0 Å². The van der Waals surface area contributed by atoms with Crippen molar-refractivity contribution in [1.82, 2.24) is 9.13 Å². The van der Waals surface area contributed by atoms with Gasteiger partial charge in [0.15, 0.2) is 0 Å². The van der Waals surface area contributed by atoms with Crippen molar-refractivity contribution in [3.8, 4) is 5.69 Å². The number of aryl methyl sites for hydroxylation is 2. The van der Waals surface area contributed by atoms with Crippen LogP contribution in [0.15, 0.2) is 82.4 Å². The SMILES string of the molecule is Cc1ccc(-n2c(=O)c3ccccc3n(Cc3cccc(C)c3)c2=O)cc1. The Bertz CT molecular complexity index is 1250. The quantitative estimate of drug-likeness (QED) is 0.560. The zero-order chi connectivity index (χ0) is 19.0. The van der Waals surface area contributed by atoms with Gasteiger partial charge in [0.2, 0.25) is 0 Å². The van der Waals surface area contributed by atoms with Crippen LogP contribution in [0.4, 0.5) is 0 Å². The molecular weight excluding hydrogens is 336 g/mol. The molecule has 0 aliphatic rings. The summed E-state index contributed by atoms with van der Waals surface area (Å²) in [7, 11) is 0. The van der Waals surface area contributed by atoms with Crippen LogP contribution in [0.25, 0.3) is 16.6 Å². The maximum atomic E-state index is 13.3. The maximum Gasteiger partial charge on any atom is 0.336 e. The summed E-state index contributed by atoms with van der Waals surface area (Å²) in [5.74, 6) is 0. The fourth-order valence-electron chi connectivity index (χ4n) is 3.39. The van der Waals surface area contributed by atoms with Crippen molar-refractivity contribution in [1.29, 1.82) is 0 Å². The molecule has 4 aromatic rings. The Morgan fingerprint density at radius 1 is 0.778 bits per heavy atom. The predicted octanol–water partition coefficient (Wildman–Crippen LogP) is 3.82. The maximum absolute atomic E-state index is 13.3. The first-order valence-electron chi connectivity index (χ1n) is 8.92. The molecule has 0 radical (unpaired) electrons. The molecule has 0 aliphatic heterocycles. The van der Waals surface area contributed by atoms with Gasteiger partial charge < -0.3 is 0 Å². The molecule has 0 saturated heterocycles. The molecule has 0 atom stereocenters. The number of rotatable bonds is 3. The van der Waals surface area contributed by atoms with Gasteiger partial charge in [-0.3, -0.25) is 9.36 Å². The van der Waals surface area contributed by atoms with Gasteiger partial charge in [-0.05, 0) is 43.7 Å². The molecule has 0 fully saturated rings. The summed E-state index contributed by atoms with van der Waals surface area (Å²) in [6.07, 6.45) is 0. The molecule has 4 nitrogen and oxygen atoms in total. The van der Waals surface area contributed by atoms with Gasteiger partial charge in [-0.15, -0.1) is 0 Å². The van der Waals surface area contributed by atoms with E-state index in [4.69, 9.17) is 0 Å². The summed E-state index contributed by atoms with van der Waals surface area (Å²) < 4.78 is 2.93. The lowest BCUT2D eigenvalue weighted by molar-refractivity contribution is 0.714. The molecule has 0 aliphatic carbocycles. The molecule has 0 saturated carbocycles. The van der Waals surface area contributed by atoms with Crippen LogP contribution >= 0.6 is 0 Å². The molecular formula is C23H20N2O2. The van der Waals surface area contributed by atoms with Crippen molar-refractivity contribution >= 4 is 10.9 Å². The summed E-state index contributed by atoms with van der Waals surface area (Å²) >= 11 is 0. The molecule has 1 aromatic heterocycles. The summed E-state index contributed by atoms with van der Waals surface area (Å²) in [6.45, 7) is 4.41. The van der Waals surface area contributed by atoms with Crippen molar-refractivity contribution in [2.75, 3.05) is 0 Å². The largest absolute Gasteiger partial charge is 0.336 e. The van der Waals surface area contributed by atoms with E-state index in [1.54, 1.807) is 10.6 Å². The van der Waals surface area contributed by atoms with Crippen LogP contribution in [0.3, 0.4) is 0 Å². The molecule has 0 spiro atoms. The number of aromatic nitrogens is 2. The second-order valence-corrected chi connectivity index (χ2v) is 6.85. The van der Waals surface area contributed by atoms with Crippen LogP contribution in [-0.4, -0.2) is 9.13 Å². The van der Waals surface area contributed by atoms with E-state index < -0.39 is 0 Å². The van der Waals surface area contributed by atoms with Crippen LogP contribution in [0.5, 0.6) is 0 Å². The van der Waals surface area contributed by atoms with E-state index in [0.717, 1.165) is 16.7 Å². The summed E-state index contributed by atoms with van der Waals surface area (Å²) in [5, 5.41) is 0.533. The van der Waals surface area contributed by atoms with Crippen molar-refractivity contribution in [2.24, 2.45) is 0 Å². The first kappa shape index (κ1) is 17.0. The Hall–Kier alpha value is -3.40. The third kappa shape index (κ3) is 3.10. The van der Waals surface area contributed by atoms with Gasteiger partial charge in [-0.2, -0.15) is 0 Å². The number of nitrogens with zero attached hydrogens (tertiary/aromatic N) is 2. The van der Waals surface area contributed by atoms with Gasteiger partial charge in [0, 0.05) is 0 Å². The monoisotopic (exact) mass is 356 g/mol. The lowest BCUT2D eigenvalue weighted by atomic mass is 10.1. The van der Waals surface area contributed by atoms with Crippen LogP contribution in [-0.2, 0) is 6.54 Å². The Morgan fingerprint density at radius 2 is 1.52 bits per heavy atom. The van der Waals surface area contributed by atoms with E-state index in [1.165, 1.54) is 4.57 Å². The normalized spacial score (nSPS) is 11.0. The van der Waals surface area contributed by atoms with Crippen molar-refractivity contribution in [2.45, 2.75) is 20.4 Å². The molecule has 0 bridgehead atoms. The lowest BCUT2D eigenvalue weighted by Gasteiger charge is -2.14. The Morgan fingerprint density at radius 3 is 2.26 bits per heavy atom. The average Bonchev–Trinajstić information content (AvgIpc) is 2.67. The van der Waals surface area contributed by atoms with Crippen LogP contribution in [0.1, 0.15) is 16.7 Å². The number of benzene rings is 3. The molecule has 134 valence electrons. The topological polar surface area (TPSA) is 44.0 Å². The Kier molecular flexibility index (Phi) is 4.24. The number of fused-ring (bicyclic) bond motifs is 1. The standard InChI is InChI=1S/C23H20N2O2/c1-16-10-12-19(13-11-16)25-22(26)20-8-3-4-9-21(20)24(23(25)27)15-18-7-5-6-17(2)14-18/h3-14H,15H2,1-2H3. The summed E-state index contributed by atoms with van der Waals surface area (Å²) in [4.78, 5) is 26.3. The number of hydrogen-bond acceptors (Lipinski definition) is 2. The van der Waals surface area contributed by atoms with E-state index >= 15 is 0 Å². The second-order valence-electron chi connectivity index (χ2n) is 6.85. The Labute approximate surface area is 157 Å². The van der Waals surface area contributed by atoms with E-state index in [-0.39, 0.29) is 11.2 Å².